The molecule has 6 heteroatoms. The number of rotatable bonds is 5. The maximum atomic E-state index is 5.72. The fourth-order valence-corrected chi connectivity index (χ4v) is 2.31. The zero-order valence-electron chi connectivity index (χ0n) is 12.2. The van der Waals surface area contributed by atoms with Gasteiger partial charge in [-0.15, -0.1) is 35.3 Å². The molecule has 0 atom stereocenters. The van der Waals surface area contributed by atoms with E-state index in [0.717, 1.165) is 31.6 Å². The van der Waals surface area contributed by atoms with Crippen LogP contribution >= 0.6 is 35.3 Å². The van der Waals surface area contributed by atoms with Crippen molar-refractivity contribution in [3.63, 3.8) is 0 Å². The lowest BCUT2D eigenvalue weighted by Crippen LogP contribution is -2.33. The zero-order chi connectivity index (χ0) is 13.6. The van der Waals surface area contributed by atoms with Gasteiger partial charge in [-0.05, 0) is 6.42 Å². The molecule has 4 nitrogen and oxygen atoms in total. The van der Waals surface area contributed by atoms with Gasteiger partial charge in [0.05, 0.1) is 10.7 Å². The molecule has 19 heavy (non-hydrogen) atoms. The predicted octanol–water partition coefficient (Wildman–Crippen LogP) is 2.92. The number of nitrogens with two attached hydrogens (primary N) is 1. The van der Waals surface area contributed by atoms with Crippen molar-refractivity contribution in [2.45, 2.75) is 46.0 Å². The zero-order valence-corrected chi connectivity index (χ0v) is 15.3. The molecule has 0 amide bonds. The van der Waals surface area contributed by atoms with Gasteiger partial charge >= 0.3 is 0 Å². The van der Waals surface area contributed by atoms with Crippen molar-refractivity contribution in [2.24, 2.45) is 10.7 Å². The lowest BCUT2D eigenvalue weighted by Gasteiger charge is -2.13. The van der Waals surface area contributed by atoms with Crippen molar-refractivity contribution in [3.8, 4) is 0 Å². The van der Waals surface area contributed by atoms with Crippen LogP contribution in [-0.2, 0) is 11.8 Å². The summed E-state index contributed by atoms with van der Waals surface area (Å²) < 4.78 is 0. The first-order chi connectivity index (χ1) is 8.43. The van der Waals surface area contributed by atoms with Crippen LogP contribution in [0.3, 0.4) is 0 Å². The van der Waals surface area contributed by atoms with Crippen molar-refractivity contribution in [1.82, 2.24) is 10.3 Å². The summed E-state index contributed by atoms with van der Waals surface area (Å²) in [5.74, 6) is 0.531. The predicted molar refractivity (Wildman–Crippen MR) is 94.7 cm³/mol. The largest absolute Gasteiger partial charge is 0.370 e. The highest BCUT2D eigenvalue weighted by Gasteiger charge is 2.17. The van der Waals surface area contributed by atoms with Gasteiger partial charge in [-0.3, -0.25) is 4.99 Å². The Balaban J connectivity index is 0.00000324. The number of thiazole rings is 1. The number of hydrogen-bond acceptors (Lipinski definition) is 3. The summed E-state index contributed by atoms with van der Waals surface area (Å²) >= 11 is 1.73. The molecule has 0 aliphatic rings. The lowest BCUT2D eigenvalue weighted by molar-refractivity contribution is 0.582. The summed E-state index contributed by atoms with van der Waals surface area (Å²) in [4.78, 5) is 8.82. The van der Waals surface area contributed by atoms with E-state index in [9.17, 15) is 0 Å². The highest BCUT2D eigenvalue weighted by Crippen LogP contribution is 2.25. The van der Waals surface area contributed by atoms with Crippen LogP contribution in [-0.4, -0.2) is 24.0 Å². The first kappa shape index (κ1) is 18.6. The van der Waals surface area contributed by atoms with Gasteiger partial charge in [-0.2, -0.15) is 0 Å². The van der Waals surface area contributed by atoms with Crippen molar-refractivity contribution in [1.29, 1.82) is 0 Å². The standard InChI is InChI=1S/C13H24N4S.HI/c1-5-7-15-12(14)16-8-6-10-9-18-11(17-10)13(2,3)4;/h9H,5-8H2,1-4H3,(H3,14,15,16);1H. The molecule has 110 valence electrons. The highest BCUT2D eigenvalue weighted by molar-refractivity contribution is 14.0. The fraction of sp³-hybridized carbons (Fsp3) is 0.692. The average Bonchev–Trinajstić information content (AvgIpc) is 2.74. The fourth-order valence-electron chi connectivity index (χ4n) is 1.37. The Kier molecular flexibility index (Phi) is 8.56. The smallest absolute Gasteiger partial charge is 0.188 e. The van der Waals surface area contributed by atoms with Crippen LogP contribution in [0.2, 0.25) is 0 Å². The van der Waals surface area contributed by atoms with Crippen molar-refractivity contribution < 1.29 is 0 Å². The summed E-state index contributed by atoms with van der Waals surface area (Å²) in [6, 6.07) is 0. The van der Waals surface area contributed by atoms with E-state index >= 15 is 0 Å². The summed E-state index contributed by atoms with van der Waals surface area (Å²) in [5, 5.41) is 6.42. The minimum atomic E-state index is 0. The quantitative estimate of drug-likeness (QED) is 0.457. The Bertz CT molecular complexity index is 396. The minimum Gasteiger partial charge on any atom is -0.370 e. The average molecular weight is 396 g/mol. The second-order valence-electron chi connectivity index (χ2n) is 5.34. The van der Waals surface area contributed by atoms with Gasteiger partial charge in [0.25, 0.3) is 0 Å². The molecule has 0 bridgehead atoms. The summed E-state index contributed by atoms with van der Waals surface area (Å²) in [5.41, 5.74) is 6.98. The molecule has 0 unspecified atom stereocenters. The molecule has 0 aromatic carbocycles. The molecule has 1 rings (SSSR count). The van der Waals surface area contributed by atoms with Crippen LogP contribution < -0.4 is 11.1 Å². The van der Waals surface area contributed by atoms with Gasteiger partial charge < -0.3 is 11.1 Å². The molecule has 0 aliphatic carbocycles. The number of guanidine groups is 1. The Morgan fingerprint density at radius 3 is 2.68 bits per heavy atom. The number of nitrogens with zero attached hydrogens (tertiary/aromatic N) is 2. The van der Waals surface area contributed by atoms with Crippen molar-refractivity contribution in [2.75, 3.05) is 13.1 Å². The van der Waals surface area contributed by atoms with E-state index < -0.39 is 0 Å². The third-order valence-corrected chi connectivity index (χ3v) is 3.70. The van der Waals surface area contributed by atoms with E-state index in [2.05, 4.69) is 48.4 Å². The molecule has 3 N–H and O–H groups in total. The Labute approximate surface area is 137 Å². The van der Waals surface area contributed by atoms with E-state index in [4.69, 9.17) is 5.73 Å². The van der Waals surface area contributed by atoms with Crippen molar-refractivity contribution in [3.05, 3.63) is 16.1 Å². The van der Waals surface area contributed by atoms with Crippen LogP contribution in [0.4, 0.5) is 0 Å². The van der Waals surface area contributed by atoms with Crippen LogP contribution in [0.15, 0.2) is 10.4 Å². The summed E-state index contributed by atoms with van der Waals surface area (Å²) in [6.07, 6.45) is 1.90. The maximum absolute atomic E-state index is 5.72. The van der Waals surface area contributed by atoms with Crippen LogP contribution in [0, 0.1) is 0 Å². The second-order valence-corrected chi connectivity index (χ2v) is 6.20. The first-order valence-electron chi connectivity index (χ1n) is 6.42. The number of hydrogen-bond donors (Lipinski definition) is 2. The van der Waals surface area contributed by atoms with E-state index in [-0.39, 0.29) is 29.4 Å². The molecule has 1 heterocycles. The van der Waals surface area contributed by atoms with Gasteiger partial charge in [0.1, 0.15) is 0 Å². The molecular weight excluding hydrogens is 371 g/mol. The third-order valence-electron chi connectivity index (χ3n) is 2.39. The topological polar surface area (TPSA) is 63.3 Å². The minimum absolute atomic E-state index is 0. The molecule has 0 fully saturated rings. The number of aliphatic imine (C=N–C) groups is 1. The third kappa shape index (κ3) is 7.10. The van der Waals surface area contributed by atoms with Crippen LogP contribution in [0.5, 0.6) is 0 Å². The number of nitrogens with one attached hydrogen (secondary N) is 1. The molecule has 0 radical (unpaired) electrons. The summed E-state index contributed by atoms with van der Waals surface area (Å²) in [7, 11) is 0. The molecule has 0 spiro atoms. The SMILES string of the molecule is CCCN=C(N)NCCc1csc(C(C)(C)C)n1.I. The van der Waals surface area contributed by atoms with Gasteiger partial charge in [0, 0.05) is 30.3 Å². The van der Waals surface area contributed by atoms with Gasteiger partial charge in [-0.1, -0.05) is 27.7 Å². The molecule has 1 aromatic heterocycles. The van der Waals surface area contributed by atoms with Gasteiger partial charge in [0.2, 0.25) is 0 Å². The number of halogens is 1. The molecule has 0 aliphatic heterocycles. The van der Waals surface area contributed by atoms with Crippen molar-refractivity contribution >= 4 is 41.3 Å². The molecule has 0 saturated heterocycles. The van der Waals surface area contributed by atoms with Gasteiger partial charge in [0.15, 0.2) is 5.96 Å². The lowest BCUT2D eigenvalue weighted by atomic mass is 9.98. The Morgan fingerprint density at radius 2 is 2.16 bits per heavy atom. The summed E-state index contributed by atoms with van der Waals surface area (Å²) in [6.45, 7) is 10.2. The first-order valence-corrected chi connectivity index (χ1v) is 7.30. The van der Waals surface area contributed by atoms with E-state index in [0.29, 0.717) is 5.96 Å². The molecule has 1 aromatic rings. The molecule has 0 saturated carbocycles. The maximum Gasteiger partial charge on any atom is 0.188 e. The normalized spacial score (nSPS) is 12.1. The monoisotopic (exact) mass is 396 g/mol. The van der Waals surface area contributed by atoms with Crippen LogP contribution in [0.1, 0.15) is 44.8 Å². The Morgan fingerprint density at radius 1 is 1.47 bits per heavy atom. The second kappa shape index (κ2) is 8.73. The van der Waals surface area contributed by atoms with E-state index in [1.54, 1.807) is 11.3 Å². The van der Waals surface area contributed by atoms with Gasteiger partial charge in [-0.25, -0.2) is 4.98 Å². The van der Waals surface area contributed by atoms with E-state index in [1.807, 2.05) is 0 Å². The van der Waals surface area contributed by atoms with Crippen LogP contribution in [0.25, 0.3) is 0 Å². The number of aromatic nitrogens is 1. The van der Waals surface area contributed by atoms with E-state index in [1.165, 1.54) is 5.01 Å². The molecular formula is C13H25IN4S. The Hall–Kier alpha value is -0.370. The highest BCUT2D eigenvalue weighted by atomic mass is 127.